The van der Waals surface area contributed by atoms with Crippen LogP contribution < -0.4 is 38.0 Å². The van der Waals surface area contributed by atoms with Crippen molar-refractivity contribution in [3.63, 3.8) is 0 Å². The lowest BCUT2D eigenvalue weighted by Gasteiger charge is -2.28. The summed E-state index contributed by atoms with van der Waals surface area (Å²) < 4.78 is 98.7. The molecule has 4 fully saturated rings. The topological polar surface area (TPSA) is 212 Å². The summed E-state index contributed by atoms with van der Waals surface area (Å²) in [5, 5.41) is 11.8. The Morgan fingerprint density at radius 2 is 0.884 bits per heavy atom. The number of nitrogens with two attached hydrogens (primary N) is 1. The number of anilines is 2. The molecule has 5 aliphatic rings. The number of allylic oxidation sites excluding steroid dienone is 1. The third kappa shape index (κ3) is 39.8. The van der Waals surface area contributed by atoms with Crippen LogP contribution in [0.3, 0.4) is 0 Å². The Morgan fingerprint density at radius 1 is 0.459 bits per heavy atom. The van der Waals surface area contributed by atoms with Gasteiger partial charge in [0.05, 0.1) is 112 Å². The SMILES string of the molecule is CCC(C)(C)c1ccc([IH+])cc1.CCCCCCCCS(=O)(=O)[N-]S(=O)(=O)c1ccc(N)cc1.CN1CCN(C)CC1.COC1=CC2OCCOCCOCCOCCOCCOC2C=C1.COc1ccc(N2CCCCC2)cc1.OCCc1ccc(-[s+]2c3ccccc3c3ccccc32)cc1.c1ccc([S+](c2ccccc2)c2ccc(C3CCCCC3)cc2)cc1.c1ccc([S+](c2ccccc2)c2ccccc2)cc1. The molecule has 2 unspecified atom stereocenters. The normalized spacial score (nSPS) is 16.4. The molecule has 13 aromatic rings. The third-order valence-electron chi connectivity index (χ3n) is 25.9. The monoisotopic (exact) mass is 2180 g/mol. The number of piperidine rings is 1. The maximum absolute atomic E-state index is 11.9. The van der Waals surface area contributed by atoms with Gasteiger partial charge in [-0.3, -0.25) is 0 Å². The van der Waals surface area contributed by atoms with Crippen molar-refractivity contribution in [3.8, 4) is 10.6 Å². The Balaban J connectivity index is 0.000000161. The van der Waals surface area contributed by atoms with Gasteiger partial charge in [-0.1, -0.05) is 231 Å². The van der Waals surface area contributed by atoms with Gasteiger partial charge in [0.1, 0.15) is 33.7 Å². The number of nitrogens with zero attached hydrogens (tertiary/aromatic N) is 4. The largest absolute Gasteiger partial charge is 0.497 e. The summed E-state index contributed by atoms with van der Waals surface area (Å²) >= 11 is 2.06. The van der Waals surface area contributed by atoms with E-state index in [1.807, 2.05) is 30.4 Å². The maximum atomic E-state index is 11.9. The van der Waals surface area contributed by atoms with E-state index in [0.717, 1.165) is 56.0 Å². The Labute approximate surface area is 894 Å². The molecule has 0 spiro atoms. The molecule has 2 atom stereocenters. The second-order valence-electron chi connectivity index (χ2n) is 37.0. The molecule has 2 aliphatic carbocycles. The minimum absolute atomic E-state index is 0.0146. The first-order valence-electron chi connectivity index (χ1n) is 51.7. The second-order valence-corrected chi connectivity index (χ2v) is 48.0. The minimum Gasteiger partial charge on any atom is -0.497 e. The molecule has 18 rings (SSSR count). The molecule has 24 heteroatoms. The molecule has 0 amide bonds. The zero-order chi connectivity index (χ0) is 103. The quantitative estimate of drug-likeness (QED) is 0.0236. The van der Waals surface area contributed by atoms with Crippen LogP contribution in [0.1, 0.15) is 147 Å². The van der Waals surface area contributed by atoms with Gasteiger partial charge in [0.15, 0.2) is 47.2 Å². The van der Waals surface area contributed by atoms with Crippen molar-refractivity contribution in [2.24, 2.45) is 0 Å². The summed E-state index contributed by atoms with van der Waals surface area (Å²) in [6, 6.07) is 112. The van der Waals surface area contributed by atoms with Crippen LogP contribution in [0.2, 0.25) is 0 Å². The van der Waals surface area contributed by atoms with E-state index in [-0.39, 0.29) is 61.7 Å². The first-order valence-corrected chi connectivity index (χ1v) is 59.6. The summed E-state index contributed by atoms with van der Waals surface area (Å²) in [6.45, 7) is 21.7. The Morgan fingerprint density at radius 3 is 1.33 bits per heavy atom. The van der Waals surface area contributed by atoms with E-state index >= 15 is 0 Å². The summed E-state index contributed by atoms with van der Waals surface area (Å²) in [5.74, 6) is 2.24. The molecule has 0 bridgehead atoms. The van der Waals surface area contributed by atoms with Gasteiger partial charge in [0.25, 0.3) is 22.6 Å². The second kappa shape index (κ2) is 64.8. The zero-order valence-electron chi connectivity index (χ0n) is 86.8. The minimum atomic E-state index is -4.20. The third-order valence-corrected chi connectivity index (χ3v) is 36.8. The van der Waals surface area contributed by atoms with Gasteiger partial charge in [-0.25, -0.2) is 16.8 Å². The zero-order valence-corrected chi connectivity index (χ0v) is 93.2. The number of hydrogen-bond acceptors (Lipinski definition) is 17. The molecule has 12 aromatic carbocycles. The van der Waals surface area contributed by atoms with Gasteiger partial charge < -0.3 is 67.6 Å². The van der Waals surface area contributed by atoms with E-state index in [4.69, 9.17) is 48.7 Å². The number of sulfonamides is 2. The van der Waals surface area contributed by atoms with E-state index in [0.29, 0.717) is 83.6 Å². The van der Waals surface area contributed by atoms with Crippen molar-refractivity contribution >= 4 is 83.9 Å². The average Bonchev–Trinajstić information content (AvgIpc) is 1.60. The van der Waals surface area contributed by atoms with Crippen LogP contribution in [0.25, 0.3) is 29.2 Å². The Kier molecular flexibility index (Phi) is 51.8. The van der Waals surface area contributed by atoms with Crippen LogP contribution in [0.5, 0.6) is 5.75 Å². The number of hydrogen-bond donors (Lipinski definition) is 2. The number of aliphatic hydroxyl groups excluding tert-OH is 1. The molecule has 4 heterocycles. The van der Waals surface area contributed by atoms with Crippen LogP contribution >= 0.6 is 10.5 Å². The van der Waals surface area contributed by atoms with E-state index in [9.17, 15) is 16.8 Å². The summed E-state index contributed by atoms with van der Waals surface area (Å²) in [4.78, 5) is 16.6. The van der Waals surface area contributed by atoms with E-state index in [2.05, 4.69) is 368 Å². The number of rotatable bonds is 25. The standard InChI is InChI=1S/C24H25S.C20H17OS.C18H15S.C17H28O7.C14H23N2O4S2.C12H17NO.C11H16I.C6H14N2/c1-4-10-20(11-5-1)21-16-18-24(19-17-21)25(22-12-6-2-7-13-22)23-14-8-3-9-15-23;21-14-13-15-9-11-16(12-10-15)22-19-7-3-1-5-17(19)18-6-2-4-8-20(18)22;1-4-10-16(11-5-1)19(17-12-6-2-7-13-17)18-14-8-3-9-15-18;1-18-15-2-3-16-17(14-15)24-13-11-22-9-7-20-5-4-19-6-8-21-10-12-23-16;1-2-3-4-5-6-7-12-21(17,18)16-22(19,20)14-10-8-13(15)9-11-14;1-14-12-7-5-11(6-8-12)13-9-3-2-4-10-13;1-4-11(2,3)9-5-7-10(12)8-6-9;1-7-3-5-8(2)6-4-7/h2-3,6-9,12-20H,1,4-5,10-11H2;1-12,21H,13-14H2;1-15H;2-3,14,16-17H,4-13H2,1H3;8-11H,2-7,12,15H2,1H3;5-8H,2-4,9-10H2,1H3;5-8,12H,4H2,1-3H3;3-6H2,1-2H3/q3*+1;;-1;;+1;. The number of likely N-dealkylation sites (N-methyl/N-ethyl adjacent to an activating group) is 2. The Bertz CT molecular complexity index is 5890. The molecule has 1 saturated carbocycles. The lowest BCUT2D eigenvalue weighted by Crippen LogP contribution is -3.34. The molecule has 1 aromatic heterocycles. The van der Waals surface area contributed by atoms with Crippen molar-refractivity contribution < 1.29 is 82.4 Å². The molecule has 146 heavy (non-hydrogen) atoms. The number of fused-ring (bicyclic) bond motifs is 4. The van der Waals surface area contributed by atoms with Crippen LogP contribution in [0.15, 0.2) is 380 Å². The van der Waals surface area contributed by atoms with E-state index in [1.54, 1.807) is 14.2 Å². The fraction of sp³-hybridized carbons (Fsp3) is 0.377. The number of methoxy groups -OCH3 is 2. The number of ether oxygens (including phenoxy) is 8. The van der Waals surface area contributed by atoms with Crippen LogP contribution in [-0.2, 0) is 86.8 Å². The fourth-order valence-corrected chi connectivity index (χ4v) is 27.0. The lowest BCUT2D eigenvalue weighted by atomic mass is 9.82. The van der Waals surface area contributed by atoms with Crippen molar-refractivity contribution in [1.82, 2.24) is 9.80 Å². The first kappa shape index (κ1) is 117. The molecule has 3 saturated heterocycles. The maximum Gasteiger partial charge on any atom is 0.296 e. The van der Waals surface area contributed by atoms with Crippen molar-refractivity contribution in [2.75, 3.05) is 157 Å². The van der Waals surface area contributed by atoms with Crippen LogP contribution in [0.4, 0.5) is 11.4 Å². The molecule has 780 valence electrons. The van der Waals surface area contributed by atoms with Gasteiger partial charge >= 0.3 is 0 Å². The van der Waals surface area contributed by atoms with Crippen molar-refractivity contribution in [2.45, 2.75) is 188 Å². The van der Waals surface area contributed by atoms with E-state index < -0.39 is 20.0 Å². The summed E-state index contributed by atoms with van der Waals surface area (Å²) in [7, 11) is -0.559. The lowest BCUT2D eigenvalue weighted by molar-refractivity contribution is -0.328. The number of benzene rings is 12. The number of aliphatic hydroxyl groups is 1. The number of unbranched alkanes of at least 4 members (excludes halogenated alkanes) is 5. The van der Waals surface area contributed by atoms with Crippen molar-refractivity contribution in [3.05, 3.63) is 370 Å². The molecule has 3 N–H and O–H groups in total. The molecular weight excluding hydrogens is 2030 g/mol. The summed E-state index contributed by atoms with van der Waals surface area (Å²) in [5.41, 5.74) is 11.7. The highest BCUT2D eigenvalue weighted by molar-refractivity contribution is 8.12. The fourth-order valence-electron chi connectivity index (χ4n) is 17.1. The number of halogens is 1. The first-order chi connectivity index (χ1) is 71.2. The highest BCUT2D eigenvalue weighted by Gasteiger charge is 2.32. The predicted octanol–water partition coefficient (Wildman–Crippen LogP) is 23.2. The van der Waals surface area contributed by atoms with Crippen LogP contribution in [0, 0.1) is 3.57 Å². The average molecular weight is 2190 g/mol. The van der Waals surface area contributed by atoms with Gasteiger partial charge in [-0.05, 0) is 282 Å². The predicted molar refractivity (Wildman–Crippen MR) is 604 cm³/mol. The van der Waals surface area contributed by atoms with E-state index in [1.165, 1.54) is 202 Å². The van der Waals surface area contributed by atoms with Gasteiger partial charge in [0.2, 0.25) is 0 Å². The highest BCUT2D eigenvalue weighted by atomic mass is 127. The number of piperazine rings is 1. The van der Waals surface area contributed by atoms with Crippen molar-refractivity contribution in [1.29, 1.82) is 0 Å². The smallest absolute Gasteiger partial charge is 0.296 e. The van der Waals surface area contributed by atoms with Crippen LogP contribution in [-0.4, -0.2) is 190 Å². The number of nitrogen functional groups attached to an aromatic ring is 1. The summed E-state index contributed by atoms with van der Waals surface area (Å²) in [6.07, 6.45) is 23.7. The molecular formula is C122H155IN5O13S5+3. The van der Waals surface area contributed by atoms with Gasteiger partial charge in [-0.2, -0.15) is 0 Å². The Hall–Kier alpha value is -9.53. The highest BCUT2D eigenvalue weighted by Crippen LogP contribution is 2.48. The molecule has 3 aliphatic heterocycles. The number of thiophene rings is 1. The molecule has 0 radical (unpaired) electrons. The van der Waals surface area contributed by atoms with Gasteiger partial charge in [-0.15, -0.1) is 0 Å². The molecule has 18 nitrogen and oxygen atoms in total. The van der Waals surface area contributed by atoms with Gasteiger partial charge in [0, 0.05) is 89.1 Å².